The van der Waals surface area contributed by atoms with Gasteiger partial charge in [-0.05, 0) is 53.8 Å². The Morgan fingerprint density at radius 2 is 1.79 bits per heavy atom. The van der Waals surface area contributed by atoms with E-state index in [0.29, 0.717) is 18.7 Å². The standard InChI is InChI=1S/C22H20N2O3S/c1-28-18-10-8-17(9-11-18)23-21(25)19-13-15-5-2-3-6-16(15)14-24(19)22(26)20-7-4-12-27-20/h2-12,19H,13-14H2,1H3,(H,23,25). The van der Waals surface area contributed by atoms with Gasteiger partial charge in [-0.1, -0.05) is 24.3 Å². The fraction of sp³-hybridized carbons (Fsp3) is 0.182. The minimum Gasteiger partial charge on any atom is -0.459 e. The fourth-order valence-electron chi connectivity index (χ4n) is 3.41. The molecule has 1 aliphatic heterocycles. The van der Waals surface area contributed by atoms with E-state index in [1.165, 1.54) is 6.26 Å². The Morgan fingerprint density at radius 1 is 1.04 bits per heavy atom. The highest BCUT2D eigenvalue weighted by atomic mass is 32.2. The van der Waals surface area contributed by atoms with Crippen molar-refractivity contribution in [1.29, 1.82) is 0 Å². The van der Waals surface area contributed by atoms with Crippen LogP contribution < -0.4 is 5.32 Å². The summed E-state index contributed by atoms with van der Waals surface area (Å²) in [6.45, 7) is 0.374. The highest BCUT2D eigenvalue weighted by molar-refractivity contribution is 7.98. The molecular formula is C22H20N2O3S. The average Bonchev–Trinajstić information content (AvgIpc) is 3.27. The molecule has 28 heavy (non-hydrogen) atoms. The Morgan fingerprint density at radius 3 is 2.46 bits per heavy atom. The lowest BCUT2D eigenvalue weighted by Gasteiger charge is -2.35. The Bertz CT molecular complexity index is 983. The predicted molar refractivity (Wildman–Crippen MR) is 109 cm³/mol. The number of thioether (sulfide) groups is 1. The molecule has 1 atom stereocenters. The number of nitrogens with one attached hydrogen (secondary N) is 1. The van der Waals surface area contributed by atoms with Gasteiger partial charge in [-0.25, -0.2) is 0 Å². The lowest BCUT2D eigenvalue weighted by atomic mass is 9.93. The van der Waals surface area contributed by atoms with Crippen LogP contribution in [0, 0.1) is 0 Å². The molecule has 0 radical (unpaired) electrons. The highest BCUT2D eigenvalue weighted by Gasteiger charge is 2.35. The van der Waals surface area contributed by atoms with E-state index in [4.69, 9.17) is 4.42 Å². The molecule has 142 valence electrons. The van der Waals surface area contributed by atoms with Crippen molar-refractivity contribution in [2.75, 3.05) is 11.6 Å². The first-order valence-electron chi connectivity index (χ1n) is 9.02. The van der Waals surface area contributed by atoms with E-state index in [-0.39, 0.29) is 17.6 Å². The molecule has 2 heterocycles. The van der Waals surface area contributed by atoms with Crippen LogP contribution in [0.3, 0.4) is 0 Å². The van der Waals surface area contributed by atoms with Gasteiger partial charge in [0.2, 0.25) is 5.91 Å². The van der Waals surface area contributed by atoms with Crippen LogP contribution in [0.5, 0.6) is 0 Å². The first kappa shape index (κ1) is 18.4. The van der Waals surface area contributed by atoms with E-state index >= 15 is 0 Å². The van der Waals surface area contributed by atoms with E-state index in [9.17, 15) is 9.59 Å². The second kappa shape index (κ2) is 7.94. The zero-order valence-electron chi connectivity index (χ0n) is 15.4. The Balaban J connectivity index is 1.61. The van der Waals surface area contributed by atoms with Crippen LogP contribution in [-0.2, 0) is 17.8 Å². The molecule has 1 aromatic heterocycles. The average molecular weight is 392 g/mol. The van der Waals surface area contributed by atoms with Crippen LogP contribution in [0.15, 0.2) is 76.2 Å². The maximum atomic E-state index is 13.1. The minimum atomic E-state index is -0.604. The molecule has 6 heteroatoms. The van der Waals surface area contributed by atoms with Crippen molar-refractivity contribution in [3.8, 4) is 0 Å². The minimum absolute atomic E-state index is 0.202. The van der Waals surface area contributed by atoms with Crippen molar-refractivity contribution < 1.29 is 14.0 Å². The molecule has 0 fully saturated rings. The molecule has 2 aromatic carbocycles. The Kier molecular flexibility index (Phi) is 5.21. The summed E-state index contributed by atoms with van der Waals surface area (Å²) in [6.07, 6.45) is 3.94. The number of carbonyl (C=O) groups is 2. The predicted octanol–water partition coefficient (Wildman–Crippen LogP) is 4.21. The molecule has 0 spiro atoms. The van der Waals surface area contributed by atoms with E-state index < -0.39 is 6.04 Å². The van der Waals surface area contributed by atoms with E-state index in [1.807, 2.05) is 54.8 Å². The molecule has 3 aromatic rings. The SMILES string of the molecule is CSc1ccc(NC(=O)C2Cc3ccccc3CN2C(=O)c2ccco2)cc1. The third-order valence-electron chi connectivity index (χ3n) is 4.90. The van der Waals surface area contributed by atoms with Crippen molar-refractivity contribution in [3.63, 3.8) is 0 Å². The third kappa shape index (κ3) is 3.68. The number of benzene rings is 2. The van der Waals surface area contributed by atoms with Gasteiger partial charge in [-0.2, -0.15) is 0 Å². The molecule has 0 saturated carbocycles. The summed E-state index contributed by atoms with van der Waals surface area (Å²) in [5.74, 6) is -0.245. The van der Waals surface area contributed by atoms with E-state index in [2.05, 4.69) is 5.32 Å². The lowest BCUT2D eigenvalue weighted by molar-refractivity contribution is -0.121. The van der Waals surface area contributed by atoms with Crippen LogP contribution >= 0.6 is 11.8 Å². The van der Waals surface area contributed by atoms with Gasteiger partial charge in [-0.15, -0.1) is 11.8 Å². The molecule has 2 amide bonds. The largest absolute Gasteiger partial charge is 0.459 e. The zero-order chi connectivity index (χ0) is 19.5. The summed E-state index contributed by atoms with van der Waals surface area (Å²) in [6, 6.07) is 18.3. The number of carbonyl (C=O) groups excluding carboxylic acids is 2. The molecular weight excluding hydrogens is 372 g/mol. The number of hydrogen-bond acceptors (Lipinski definition) is 4. The van der Waals surface area contributed by atoms with Gasteiger partial charge in [0.15, 0.2) is 5.76 Å². The first-order valence-corrected chi connectivity index (χ1v) is 10.2. The summed E-state index contributed by atoms with van der Waals surface area (Å²) in [4.78, 5) is 28.8. The highest BCUT2D eigenvalue weighted by Crippen LogP contribution is 2.26. The molecule has 5 nitrogen and oxygen atoms in total. The van der Waals surface area contributed by atoms with Gasteiger partial charge in [0.1, 0.15) is 6.04 Å². The smallest absolute Gasteiger partial charge is 0.290 e. The van der Waals surface area contributed by atoms with Crippen LogP contribution in [0.1, 0.15) is 21.7 Å². The molecule has 0 aliphatic carbocycles. The second-order valence-corrected chi connectivity index (χ2v) is 7.50. The first-order chi connectivity index (χ1) is 13.7. The van der Waals surface area contributed by atoms with Crippen LogP contribution in [0.2, 0.25) is 0 Å². The second-order valence-electron chi connectivity index (χ2n) is 6.62. The van der Waals surface area contributed by atoms with Crippen molar-refractivity contribution in [2.45, 2.75) is 23.9 Å². The summed E-state index contributed by atoms with van der Waals surface area (Å²) in [5, 5.41) is 2.95. The zero-order valence-corrected chi connectivity index (χ0v) is 16.2. The molecule has 1 N–H and O–H groups in total. The monoisotopic (exact) mass is 392 g/mol. The molecule has 1 aliphatic rings. The van der Waals surface area contributed by atoms with Crippen molar-refractivity contribution in [3.05, 3.63) is 83.8 Å². The molecule has 0 saturated heterocycles. The normalized spacial score (nSPS) is 15.8. The maximum absolute atomic E-state index is 13.1. The fourth-order valence-corrected chi connectivity index (χ4v) is 3.82. The summed E-state index contributed by atoms with van der Waals surface area (Å²) >= 11 is 1.64. The van der Waals surface area contributed by atoms with Crippen molar-refractivity contribution >= 4 is 29.3 Å². The van der Waals surface area contributed by atoms with Gasteiger partial charge in [0.05, 0.1) is 6.26 Å². The summed E-state index contributed by atoms with van der Waals surface area (Å²) < 4.78 is 5.28. The number of amides is 2. The van der Waals surface area contributed by atoms with Gasteiger partial charge in [0.25, 0.3) is 5.91 Å². The molecule has 4 rings (SSSR count). The van der Waals surface area contributed by atoms with Crippen molar-refractivity contribution in [1.82, 2.24) is 4.90 Å². The number of fused-ring (bicyclic) bond motifs is 1. The topological polar surface area (TPSA) is 62.6 Å². The number of furan rings is 1. The van der Waals surface area contributed by atoms with E-state index in [0.717, 1.165) is 16.0 Å². The number of nitrogens with zero attached hydrogens (tertiary/aromatic N) is 1. The summed E-state index contributed by atoms with van der Waals surface area (Å²) in [5.41, 5.74) is 2.85. The third-order valence-corrected chi connectivity index (χ3v) is 5.65. The van der Waals surface area contributed by atoms with Gasteiger partial charge >= 0.3 is 0 Å². The number of anilines is 1. The van der Waals surface area contributed by atoms with E-state index in [1.54, 1.807) is 28.8 Å². The quantitative estimate of drug-likeness (QED) is 0.676. The lowest BCUT2D eigenvalue weighted by Crippen LogP contribution is -2.50. The van der Waals surface area contributed by atoms with Gasteiger partial charge < -0.3 is 14.6 Å². The van der Waals surface area contributed by atoms with Crippen LogP contribution in [0.25, 0.3) is 0 Å². The Labute approximate surface area is 167 Å². The molecule has 1 unspecified atom stereocenters. The Hall–Kier alpha value is -2.99. The van der Waals surface area contributed by atoms with Gasteiger partial charge in [-0.3, -0.25) is 9.59 Å². The molecule has 0 bridgehead atoms. The summed E-state index contributed by atoms with van der Waals surface area (Å²) in [7, 11) is 0. The van der Waals surface area contributed by atoms with Crippen molar-refractivity contribution in [2.24, 2.45) is 0 Å². The van der Waals surface area contributed by atoms with Crippen LogP contribution in [0.4, 0.5) is 5.69 Å². The van der Waals surface area contributed by atoms with Gasteiger partial charge in [0, 0.05) is 23.5 Å². The van der Waals surface area contributed by atoms with Crippen LogP contribution in [-0.4, -0.2) is 29.0 Å². The maximum Gasteiger partial charge on any atom is 0.290 e. The number of hydrogen-bond donors (Lipinski definition) is 1. The number of rotatable bonds is 4.